The van der Waals surface area contributed by atoms with Crippen molar-refractivity contribution in [1.29, 1.82) is 0 Å². The molecule has 1 N–H and O–H groups in total. The predicted octanol–water partition coefficient (Wildman–Crippen LogP) is 1.16. The highest BCUT2D eigenvalue weighted by Gasteiger charge is 2.23. The Hall–Kier alpha value is -1.98. The molecule has 0 saturated carbocycles. The van der Waals surface area contributed by atoms with Gasteiger partial charge in [-0.2, -0.15) is 0 Å². The van der Waals surface area contributed by atoms with Crippen LogP contribution in [0.5, 0.6) is 0 Å². The van der Waals surface area contributed by atoms with Gasteiger partial charge >= 0.3 is 5.97 Å². The zero-order chi connectivity index (χ0) is 13.0. The van der Waals surface area contributed by atoms with Crippen LogP contribution >= 0.6 is 0 Å². The number of carboxylic acid groups (broad SMARTS) is 1. The summed E-state index contributed by atoms with van der Waals surface area (Å²) < 4.78 is 13.3. The summed E-state index contributed by atoms with van der Waals surface area (Å²) >= 11 is 0. The highest BCUT2D eigenvalue weighted by atomic mass is 19.1. The van der Waals surface area contributed by atoms with Crippen molar-refractivity contribution in [2.45, 2.75) is 19.9 Å². The quantitative estimate of drug-likeness (QED) is 0.857. The zero-order valence-electron chi connectivity index (χ0n) is 9.55. The van der Waals surface area contributed by atoms with Crippen molar-refractivity contribution < 1.29 is 19.1 Å². The van der Waals surface area contributed by atoms with Crippen molar-refractivity contribution in [3.8, 4) is 0 Å². The lowest BCUT2D eigenvalue weighted by molar-refractivity contribution is -0.138. The van der Waals surface area contributed by atoms with Crippen LogP contribution in [0.25, 0.3) is 0 Å². The monoisotopic (exact) mass is 240 g/mol. The molecule has 0 fully saturated rings. The van der Waals surface area contributed by atoms with Crippen LogP contribution in [0.3, 0.4) is 0 Å². The van der Waals surface area contributed by atoms with Gasteiger partial charge in [-0.15, -0.1) is 0 Å². The molecule has 1 heterocycles. The van der Waals surface area contributed by atoms with Gasteiger partial charge in [0.25, 0.3) is 5.91 Å². The van der Waals surface area contributed by atoms with Crippen molar-refractivity contribution in [3.63, 3.8) is 0 Å². The highest BCUT2D eigenvalue weighted by molar-refractivity contribution is 5.96. The van der Waals surface area contributed by atoms with Crippen LogP contribution in [-0.4, -0.2) is 39.5 Å². The van der Waals surface area contributed by atoms with E-state index >= 15 is 0 Å². The number of pyridine rings is 1. The number of rotatable bonds is 4. The second kappa shape index (κ2) is 5.38. The molecule has 5 nitrogen and oxygen atoms in total. The molecule has 0 aliphatic rings. The Kier molecular flexibility index (Phi) is 4.14. The van der Waals surface area contributed by atoms with Crippen LogP contribution in [0.2, 0.25) is 0 Å². The third-order valence-corrected chi connectivity index (χ3v) is 2.19. The Labute approximate surface area is 97.9 Å². The van der Waals surface area contributed by atoms with E-state index in [-0.39, 0.29) is 11.6 Å². The fourth-order valence-corrected chi connectivity index (χ4v) is 1.34. The summed E-state index contributed by atoms with van der Waals surface area (Å²) in [6.45, 7) is 2.87. The van der Waals surface area contributed by atoms with Gasteiger partial charge in [-0.25, -0.2) is 4.39 Å². The Morgan fingerprint density at radius 1 is 1.53 bits per heavy atom. The van der Waals surface area contributed by atoms with Crippen LogP contribution < -0.4 is 0 Å². The molecule has 1 aromatic rings. The zero-order valence-corrected chi connectivity index (χ0v) is 9.55. The summed E-state index contributed by atoms with van der Waals surface area (Å²) in [6, 6.07) is 0.903. The van der Waals surface area contributed by atoms with Gasteiger partial charge < -0.3 is 10.0 Å². The summed E-state index contributed by atoms with van der Waals surface area (Å²) in [6.07, 6.45) is 2.21. The van der Waals surface area contributed by atoms with E-state index in [1.807, 2.05) is 0 Å². The number of carboxylic acids is 1. The maximum Gasteiger partial charge on any atom is 0.323 e. The lowest BCUT2D eigenvalue weighted by atomic mass is 10.2. The van der Waals surface area contributed by atoms with Gasteiger partial charge in [-0.05, 0) is 19.9 Å². The molecule has 0 unspecified atom stereocenters. The van der Waals surface area contributed by atoms with E-state index in [1.54, 1.807) is 13.8 Å². The Balaban J connectivity index is 3.00. The molecule has 92 valence electrons. The van der Waals surface area contributed by atoms with Gasteiger partial charge in [0.2, 0.25) is 0 Å². The first-order valence-electron chi connectivity index (χ1n) is 5.05. The fourth-order valence-electron chi connectivity index (χ4n) is 1.34. The molecule has 0 radical (unpaired) electrons. The molecule has 0 bridgehead atoms. The van der Waals surface area contributed by atoms with E-state index < -0.39 is 24.2 Å². The minimum absolute atomic E-state index is 0.171. The van der Waals surface area contributed by atoms with Gasteiger partial charge in [0.15, 0.2) is 5.82 Å². The van der Waals surface area contributed by atoms with E-state index in [0.717, 1.165) is 11.1 Å². The Bertz CT molecular complexity index is 434. The van der Waals surface area contributed by atoms with E-state index in [2.05, 4.69) is 4.98 Å². The average molecular weight is 240 g/mol. The van der Waals surface area contributed by atoms with E-state index in [1.165, 1.54) is 12.3 Å². The SMILES string of the molecule is CC(C)N(CC(=O)O)C(=O)c1ccncc1F. The first kappa shape index (κ1) is 13.1. The second-order valence-corrected chi connectivity index (χ2v) is 3.78. The summed E-state index contributed by atoms with van der Waals surface area (Å²) in [7, 11) is 0. The molecule has 6 heteroatoms. The topological polar surface area (TPSA) is 70.5 Å². The minimum atomic E-state index is -1.14. The van der Waals surface area contributed by atoms with Gasteiger partial charge in [0, 0.05) is 12.2 Å². The van der Waals surface area contributed by atoms with Crippen molar-refractivity contribution in [2.24, 2.45) is 0 Å². The van der Waals surface area contributed by atoms with Crippen LogP contribution in [0.1, 0.15) is 24.2 Å². The highest BCUT2D eigenvalue weighted by Crippen LogP contribution is 2.11. The number of aromatic nitrogens is 1. The minimum Gasteiger partial charge on any atom is -0.480 e. The molecule has 0 aromatic carbocycles. The molecule has 1 aromatic heterocycles. The molecule has 0 aliphatic carbocycles. The Morgan fingerprint density at radius 2 is 2.18 bits per heavy atom. The van der Waals surface area contributed by atoms with Crippen molar-refractivity contribution in [1.82, 2.24) is 9.88 Å². The first-order valence-corrected chi connectivity index (χ1v) is 5.05. The molecule has 0 atom stereocenters. The summed E-state index contributed by atoms with van der Waals surface area (Å²) in [5, 5.41) is 8.70. The summed E-state index contributed by atoms with van der Waals surface area (Å²) in [5.74, 6) is -2.54. The number of amides is 1. The number of halogens is 1. The smallest absolute Gasteiger partial charge is 0.323 e. The van der Waals surface area contributed by atoms with Crippen LogP contribution in [0, 0.1) is 5.82 Å². The van der Waals surface area contributed by atoms with Gasteiger partial charge in [0.1, 0.15) is 6.54 Å². The number of nitrogens with zero attached hydrogens (tertiary/aromatic N) is 2. The first-order chi connectivity index (χ1) is 7.93. The number of hydrogen-bond donors (Lipinski definition) is 1. The molecular formula is C11H13FN2O3. The van der Waals surface area contributed by atoms with Gasteiger partial charge in [0.05, 0.1) is 11.8 Å². The second-order valence-electron chi connectivity index (χ2n) is 3.78. The number of hydrogen-bond acceptors (Lipinski definition) is 3. The van der Waals surface area contributed by atoms with Crippen LogP contribution in [0.15, 0.2) is 18.5 Å². The van der Waals surface area contributed by atoms with E-state index in [9.17, 15) is 14.0 Å². The summed E-state index contributed by atoms with van der Waals surface area (Å²) in [5.41, 5.74) is -0.171. The summed E-state index contributed by atoms with van der Waals surface area (Å²) in [4.78, 5) is 27.2. The third kappa shape index (κ3) is 3.24. The molecule has 0 spiro atoms. The molecule has 1 amide bonds. The van der Waals surface area contributed by atoms with E-state index in [4.69, 9.17) is 5.11 Å². The molecule has 0 aliphatic heterocycles. The molecule has 0 saturated heterocycles. The van der Waals surface area contributed by atoms with Crippen molar-refractivity contribution >= 4 is 11.9 Å². The van der Waals surface area contributed by atoms with Gasteiger partial charge in [-0.3, -0.25) is 14.6 Å². The number of carbonyl (C=O) groups is 2. The number of carbonyl (C=O) groups excluding carboxylic acids is 1. The maximum absolute atomic E-state index is 13.3. The van der Waals surface area contributed by atoms with Crippen molar-refractivity contribution in [2.75, 3.05) is 6.54 Å². The standard InChI is InChI=1S/C11H13FN2O3/c1-7(2)14(6-10(15)16)11(17)8-3-4-13-5-9(8)12/h3-5,7H,6H2,1-2H3,(H,15,16). The van der Waals surface area contributed by atoms with Gasteiger partial charge in [-0.1, -0.05) is 0 Å². The number of aliphatic carboxylic acids is 1. The largest absolute Gasteiger partial charge is 0.480 e. The molecule has 17 heavy (non-hydrogen) atoms. The van der Waals surface area contributed by atoms with Crippen molar-refractivity contribution in [3.05, 3.63) is 29.8 Å². The fraction of sp³-hybridized carbons (Fsp3) is 0.364. The third-order valence-electron chi connectivity index (χ3n) is 2.19. The van der Waals surface area contributed by atoms with Crippen LogP contribution in [0.4, 0.5) is 4.39 Å². The predicted molar refractivity (Wildman–Crippen MR) is 58.0 cm³/mol. The van der Waals surface area contributed by atoms with E-state index in [0.29, 0.717) is 0 Å². The van der Waals surface area contributed by atoms with Crippen LogP contribution in [-0.2, 0) is 4.79 Å². The average Bonchev–Trinajstić information content (AvgIpc) is 2.25. The maximum atomic E-state index is 13.3. The lowest BCUT2D eigenvalue weighted by Gasteiger charge is -2.24. The normalized spacial score (nSPS) is 10.4. The Morgan fingerprint density at radius 3 is 2.65 bits per heavy atom. The molecular weight excluding hydrogens is 227 g/mol. The molecule has 1 rings (SSSR count). The lowest BCUT2D eigenvalue weighted by Crippen LogP contribution is -2.41.